The van der Waals surface area contributed by atoms with Gasteiger partial charge in [-0.2, -0.15) is 0 Å². The minimum atomic E-state index is 0.372. The number of pyridine rings is 1. The Bertz CT molecular complexity index is 534. The first-order valence-corrected chi connectivity index (χ1v) is 7.40. The van der Waals surface area contributed by atoms with Crippen molar-refractivity contribution >= 4 is 0 Å². The zero-order chi connectivity index (χ0) is 14.4. The maximum absolute atomic E-state index is 4.10. The molecule has 0 aliphatic rings. The highest BCUT2D eigenvalue weighted by Crippen LogP contribution is 2.23. The fourth-order valence-corrected chi connectivity index (χ4v) is 2.52. The molecule has 2 aromatic rings. The summed E-state index contributed by atoms with van der Waals surface area (Å²) in [5.41, 5.74) is 5.50. The SMILES string of the molecule is CCCNC(Cc1ccncc1)c1cccc(C)c1C. The van der Waals surface area contributed by atoms with Crippen molar-refractivity contribution in [3.8, 4) is 0 Å². The van der Waals surface area contributed by atoms with E-state index in [0.29, 0.717) is 6.04 Å². The van der Waals surface area contributed by atoms with Gasteiger partial charge in [0.2, 0.25) is 0 Å². The average Bonchev–Trinajstić information content (AvgIpc) is 2.48. The van der Waals surface area contributed by atoms with Crippen molar-refractivity contribution in [1.82, 2.24) is 10.3 Å². The lowest BCUT2D eigenvalue weighted by molar-refractivity contribution is 0.526. The fraction of sp³-hybridized carbons (Fsp3) is 0.389. The second-order valence-electron chi connectivity index (χ2n) is 5.36. The van der Waals surface area contributed by atoms with Crippen molar-refractivity contribution in [3.05, 3.63) is 65.0 Å². The summed E-state index contributed by atoms with van der Waals surface area (Å²) in [6.45, 7) is 7.66. The van der Waals surface area contributed by atoms with Crippen LogP contribution in [0.5, 0.6) is 0 Å². The molecule has 0 spiro atoms. The molecular formula is C18H24N2. The Morgan fingerprint density at radius 3 is 2.55 bits per heavy atom. The first-order valence-electron chi connectivity index (χ1n) is 7.40. The monoisotopic (exact) mass is 268 g/mol. The molecule has 20 heavy (non-hydrogen) atoms. The molecule has 0 saturated heterocycles. The van der Waals surface area contributed by atoms with E-state index in [-0.39, 0.29) is 0 Å². The van der Waals surface area contributed by atoms with E-state index < -0.39 is 0 Å². The molecule has 0 aliphatic heterocycles. The van der Waals surface area contributed by atoms with Crippen LogP contribution >= 0.6 is 0 Å². The first kappa shape index (κ1) is 14.7. The van der Waals surface area contributed by atoms with E-state index in [1.165, 1.54) is 22.3 Å². The van der Waals surface area contributed by atoms with E-state index in [0.717, 1.165) is 19.4 Å². The van der Waals surface area contributed by atoms with E-state index in [4.69, 9.17) is 0 Å². The van der Waals surface area contributed by atoms with Crippen LogP contribution < -0.4 is 5.32 Å². The van der Waals surface area contributed by atoms with Crippen LogP contribution in [0.2, 0.25) is 0 Å². The minimum absolute atomic E-state index is 0.372. The molecule has 0 saturated carbocycles. The van der Waals surface area contributed by atoms with Gasteiger partial charge in [-0.05, 0) is 67.6 Å². The van der Waals surface area contributed by atoms with Gasteiger partial charge in [-0.3, -0.25) is 4.98 Å². The second kappa shape index (κ2) is 7.20. The lowest BCUT2D eigenvalue weighted by Gasteiger charge is -2.22. The highest BCUT2D eigenvalue weighted by Gasteiger charge is 2.14. The summed E-state index contributed by atoms with van der Waals surface area (Å²) in [7, 11) is 0. The van der Waals surface area contributed by atoms with E-state index >= 15 is 0 Å². The Balaban J connectivity index is 2.25. The number of aryl methyl sites for hydroxylation is 1. The molecule has 1 atom stereocenters. The number of rotatable bonds is 6. The van der Waals surface area contributed by atoms with Gasteiger partial charge in [-0.1, -0.05) is 25.1 Å². The van der Waals surface area contributed by atoms with Gasteiger partial charge in [0.15, 0.2) is 0 Å². The zero-order valence-electron chi connectivity index (χ0n) is 12.7. The summed E-state index contributed by atoms with van der Waals surface area (Å²) in [6, 6.07) is 11.2. The van der Waals surface area contributed by atoms with Gasteiger partial charge in [0, 0.05) is 18.4 Å². The predicted molar refractivity (Wildman–Crippen MR) is 84.9 cm³/mol. The average molecular weight is 268 g/mol. The molecule has 1 aromatic carbocycles. The standard InChI is InChI=1S/C18H24N2/c1-4-10-20-18(13-16-8-11-19-12-9-16)17-7-5-6-14(2)15(17)3/h5-9,11-12,18,20H,4,10,13H2,1-3H3. The molecule has 2 heteroatoms. The maximum Gasteiger partial charge on any atom is 0.0363 e. The quantitative estimate of drug-likeness (QED) is 0.857. The van der Waals surface area contributed by atoms with E-state index in [9.17, 15) is 0 Å². The van der Waals surface area contributed by atoms with Gasteiger partial charge in [-0.15, -0.1) is 0 Å². The second-order valence-corrected chi connectivity index (χ2v) is 5.36. The van der Waals surface area contributed by atoms with Crippen LogP contribution in [0.4, 0.5) is 0 Å². The van der Waals surface area contributed by atoms with E-state index in [1.807, 2.05) is 12.4 Å². The molecule has 0 radical (unpaired) electrons. The fourth-order valence-electron chi connectivity index (χ4n) is 2.52. The predicted octanol–water partition coefficient (Wildman–Crippen LogP) is 3.98. The third kappa shape index (κ3) is 3.67. The summed E-state index contributed by atoms with van der Waals surface area (Å²) in [5.74, 6) is 0. The van der Waals surface area contributed by atoms with Gasteiger partial charge >= 0.3 is 0 Å². The molecule has 1 heterocycles. The summed E-state index contributed by atoms with van der Waals surface area (Å²) in [4.78, 5) is 4.10. The maximum atomic E-state index is 4.10. The summed E-state index contributed by atoms with van der Waals surface area (Å²) >= 11 is 0. The molecular weight excluding hydrogens is 244 g/mol. The molecule has 106 valence electrons. The Morgan fingerprint density at radius 1 is 1.10 bits per heavy atom. The van der Waals surface area contributed by atoms with Crippen LogP contribution in [-0.2, 0) is 6.42 Å². The number of benzene rings is 1. The molecule has 0 bridgehead atoms. The molecule has 2 rings (SSSR count). The molecule has 1 aromatic heterocycles. The Labute approximate surface area is 122 Å². The number of nitrogens with zero attached hydrogens (tertiary/aromatic N) is 1. The summed E-state index contributed by atoms with van der Waals surface area (Å²) < 4.78 is 0. The Morgan fingerprint density at radius 2 is 1.85 bits per heavy atom. The van der Waals surface area contributed by atoms with Gasteiger partial charge in [0.25, 0.3) is 0 Å². The van der Waals surface area contributed by atoms with E-state index in [1.54, 1.807) is 0 Å². The number of hydrogen-bond acceptors (Lipinski definition) is 2. The van der Waals surface area contributed by atoms with E-state index in [2.05, 4.69) is 61.4 Å². The number of aromatic nitrogens is 1. The first-order chi connectivity index (χ1) is 9.72. The smallest absolute Gasteiger partial charge is 0.0363 e. The van der Waals surface area contributed by atoms with Crippen LogP contribution in [0.1, 0.15) is 41.6 Å². The Kier molecular flexibility index (Phi) is 5.31. The molecule has 2 nitrogen and oxygen atoms in total. The summed E-state index contributed by atoms with van der Waals surface area (Å²) in [6.07, 6.45) is 5.90. The lowest BCUT2D eigenvalue weighted by Crippen LogP contribution is -2.25. The highest BCUT2D eigenvalue weighted by atomic mass is 14.9. The molecule has 0 fully saturated rings. The third-order valence-corrected chi connectivity index (χ3v) is 3.85. The molecule has 1 N–H and O–H groups in total. The van der Waals surface area contributed by atoms with Crippen molar-refractivity contribution in [2.24, 2.45) is 0 Å². The third-order valence-electron chi connectivity index (χ3n) is 3.85. The van der Waals surface area contributed by atoms with Crippen LogP contribution in [-0.4, -0.2) is 11.5 Å². The summed E-state index contributed by atoms with van der Waals surface area (Å²) in [5, 5.41) is 3.68. The van der Waals surface area contributed by atoms with Crippen molar-refractivity contribution in [1.29, 1.82) is 0 Å². The topological polar surface area (TPSA) is 24.9 Å². The van der Waals surface area contributed by atoms with Crippen LogP contribution in [0.25, 0.3) is 0 Å². The minimum Gasteiger partial charge on any atom is -0.310 e. The largest absolute Gasteiger partial charge is 0.310 e. The Hall–Kier alpha value is -1.67. The number of nitrogens with one attached hydrogen (secondary N) is 1. The van der Waals surface area contributed by atoms with Crippen LogP contribution in [0.3, 0.4) is 0 Å². The lowest BCUT2D eigenvalue weighted by atomic mass is 9.93. The van der Waals surface area contributed by atoms with Crippen molar-refractivity contribution in [3.63, 3.8) is 0 Å². The molecule has 1 unspecified atom stereocenters. The normalized spacial score (nSPS) is 12.3. The van der Waals surface area contributed by atoms with Crippen molar-refractivity contribution < 1.29 is 0 Å². The molecule has 0 amide bonds. The van der Waals surface area contributed by atoms with Crippen LogP contribution in [0.15, 0.2) is 42.7 Å². The zero-order valence-corrected chi connectivity index (χ0v) is 12.7. The van der Waals surface area contributed by atoms with Crippen LogP contribution in [0, 0.1) is 13.8 Å². The van der Waals surface area contributed by atoms with Gasteiger partial charge in [0.1, 0.15) is 0 Å². The van der Waals surface area contributed by atoms with Crippen molar-refractivity contribution in [2.45, 2.75) is 39.7 Å². The van der Waals surface area contributed by atoms with Gasteiger partial charge < -0.3 is 5.32 Å². The van der Waals surface area contributed by atoms with Gasteiger partial charge in [0.05, 0.1) is 0 Å². The van der Waals surface area contributed by atoms with Crippen molar-refractivity contribution in [2.75, 3.05) is 6.54 Å². The van der Waals surface area contributed by atoms with Gasteiger partial charge in [-0.25, -0.2) is 0 Å². The molecule has 0 aliphatic carbocycles. The highest BCUT2D eigenvalue weighted by molar-refractivity contribution is 5.36. The number of hydrogen-bond donors (Lipinski definition) is 1.